The van der Waals surface area contributed by atoms with Gasteiger partial charge in [-0.3, -0.25) is 4.79 Å². The molecule has 134 valence electrons. The van der Waals surface area contributed by atoms with E-state index in [2.05, 4.69) is 41.7 Å². The fourth-order valence-corrected chi connectivity index (χ4v) is 1.89. The maximum Gasteiger partial charge on any atom is 0.221 e. The molecule has 1 unspecified atom stereocenters. The molecule has 0 fully saturated rings. The van der Waals surface area contributed by atoms with Gasteiger partial charge in [0.25, 0.3) is 0 Å². The molecule has 1 rings (SSSR count). The van der Waals surface area contributed by atoms with E-state index in [0.29, 0.717) is 30.9 Å². The van der Waals surface area contributed by atoms with Gasteiger partial charge in [-0.2, -0.15) is 0 Å². The van der Waals surface area contributed by atoms with Crippen molar-refractivity contribution >= 4 is 17.6 Å². The summed E-state index contributed by atoms with van der Waals surface area (Å²) >= 11 is 0. The second kappa shape index (κ2) is 10.5. The number of carbonyl (C=O) groups excluding carboxylic acids is 1. The van der Waals surface area contributed by atoms with Crippen molar-refractivity contribution in [2.24, 2.45) is 10.9 Å². The first kappa shape index (κ1) is 19.8. The highest BCUT2D eigenvalue weighted by Gasteiger charge is 2.08. The molecule has 6 heteroatoms. The fraction of sp³-hybridized carbons (Fsp3) is 0.556. The predicted octanol–water partition coefficient (Wildman–Crippen LogP) is 2.62. The van der Waals surface area contributed by atoms with Gasteiger partial charge in [-0.25, -0.2) is 4.99 Å². The minimum atomic E-state index is -0.0996. The second-order valence-corrected chi connectivity index (χ2v) is 6.00. The van der Waals surface area contributed by atoms with Crippen molar-refractivity contribution in [3.8, 4) is 5.75 Å². The summed E-state index contributed by atoms with van der Waals surface area (Å²) in [4.78, 5) is 15.6. The van der Waals surface area contributed by atoms with Crippen LogP contribution in [0.25, 0.3) is 0 Å². The Morgan fingerprint density at radius 3 is 2.67 bits per heavy atom. The SMILES string of the molecule is CCNC(=NCCOc1cccc(NC(C)=O)c1)NC(C)C(C)C. The van der Waals surface area contributed by atoms with Gasteiger partial charge in [0.15, 0.2) is 5.96 Å². The lowest BCUT2D eigenvalue weighted by atomic mass is 10.1. The van der Waals surface area contributed by atoms with Crippen molar-refractivity contribution in [1.29, 1.82) is 0 Å². The summed E-state index contributed by atoms with van der Waals surface area (Å²) in [5, 5.41) is 9.35. The zero-order valence-electron chi connectivity index (χ0n) is 15.3. The van der Waals surface area contributed by atoms with Crippen LogP contribution >= 0.6 is 0 Å². The summed E-state index contributed by atoms with van der Waals surface area (Å²) in [6.07, 6.45) is 0. The van der Waals surface area contributed by atoms with E-state index in [9.17, 15) is 4.79 Å². The van der Waals surface area contributed by atoms with Crippen LogP contribution in [0.4, 0.5) is 5.69 Å². The zero-order chi connectivity index (χ0) is 17.9. The molecule has 0 aliphatic heterocycles. The van der Waals surface area contributed by atoms with Gasteiger partial charge in [0.05, 0.1) is 6.54 Å². The van der Waals surface area contributed by atoms with Crippen molar-refractivity contribution in [2.75, 3.05) is 25.0 Å². The average molecular weight is 334 g/mol. The van der Waals surface area contributed by atoms with Gasteiger partial charge in [-0.15, -0.1) is 0 Å². The summed E-state index contributed by atoms with van der Waals surface area (Å²) in [5.74, 6) is 1.94. The van der Waals surface area contributed by atoms with Crippen molar-refractivity contribution in [1.82, 2.24) is 10.6 Å². The molecular weight excluding hydrogens is 304 g/mol. The minimum Gasteiger partial charge on any atom is -0.492 e. The number of hydrogen-bond acceptors (Lipinski definition) is 3. The molecule has 1 aromatic rings. The first-order valence-corrected chi connectivity index (χ1v) is 8.47. The molecule has 1 aromatic carbocycles. The van der Waals surface area contributed by atoms with Gasteiger partial charge >= 0.3 is 0 Å². The van der Waals surface area contributed by atoms with Gasteiger partial charge < -0.3 is 20.7 Å². The number of anilines is 1. The lowest BCUT2D eigenvalue weighted by Gasteiger charge is -2.20. The van der Waals surface area contributed by atoms with Crippen LogP contribution in [0.5, 0.6) is 5.75 Å². The highest BCUT2D eigenvalue weighted by Crippen LogP contribution is 2.17. The van der Waals surface area contributed by atoms with Gasteiger partial charge in [0, 0.05) is 31.3 Å². The molecule has 24 heavy (non-hydrogen) atoms. The van der Waals surface area contributed by atoms with E-state index in [1.807, 2.05) is 25.1 Å². The number of guanidine groups is 1. The van der Waals surface area contributed by atoms with Crippen LogP contribution in [0.3, 0.4) is 0 Å². The highest BCUT2D eigenvalue weighted by molar-refractivity contribution is 5.88. The summed E-state index contributed by atoms with van der Waals surface area (Å²) < 4.78 is 5.70. The zero-order valence-corrected chi connectivity index (χ0v) is 15.3. The van der Waals surface area contributed by atoms with E-state index in [-0.39, 0.29) is 5.91 Å². The number of aliphatic imine (C=N–C) groups is 1. The van der Waals surface area contributed by atoms with Crippen molar-refractivity contribution in [3.63, 3.8) is 0 Å². The third kappa shape index (κ3) is 7.85. The Morgan fingerprint density at radius 1 is 1.29 bits per heavy atom. The number of benzene rings is 1. The van der Waals surface area contributed by atoms with Crippen LogP contribution in [-0.4, -0.2) is 37.6 Å². The quantitative estimate of drug-likeness (QED) is 0.388. The van der Waals surface area contributed by atoms with Crippen LogP contribution in [0.1, 0.15) is 34.6 Å². The van der Waals surface area contributed by atoms with E-state index in [1.54, 1.807) is 6.07 Å². The van der Waals surface area contributed by atoms with Crippen LogP contribution < -0.4 is 20.7 Å². The maximum absolute atomic E-state index is 11.1. The molecule has 0 radical (unpaired) electrons. The van der Waals surface area contributed by atoms with Crippen molar-refractivity contribution < 1.29 is 9.53 Å². The van der Waals surface area contributed by atoms with Crippen molar-refractivity contribution in [3.05, 3.63) is 24.3 Å². The van der Waals surface area contributed by atoms with Crippen molar-refractivity contribution in [2.45, 2.75) is 40.7 Å². The number of carbonyl (C=O) groups is 1. The molecule has 3 N–H and O–H groups in total. The number of nitrogens with zero attached hydrogens (tertiary/aromatic N) is 1. The standard InChI is InChI=1S/C18H30N4O2/c1-6-19-18(21-14(4)13(2)3)20-10-11-24-17-9-7-8-16(12-17)22-15(5)23/h7-9,12-14H,6,10-11H2,1-5H3,(H,22,23)(H2,19,20,21). The number of rotatable bonds is 8. The second-order valence-electron chi connectivity index (χ2n) is 6.00. The number of ether oxygens (including phenoxy) is 1. The third-order valence-corrected chi connectivity index (χ3v) is 3.49. The maximum atomic E-state index is 11.1. The first-order valence-electron chi connectivity index (χ1n) is 8.47. The molecule has 1 amide bonds. The van der Waals surface area contributed by atoms with Crippen LogP contribution in [0.2, 0.25) is 0 Å². The summed E-state index contributed by atoms with van der Waals surface area (Å²) in [6.45, 7) is 11.8. The summed E-state index contributed by atoms with van der Waals surface area (Å²) in [6, 6.07) is 7.68. The first-order chi connectivity index (χ1) is 11.4. The Hall–Kier alpha value is -2.24. The van der Waals surface area contributed by atoms with Crippen LogP contribution in [-0.2, 0) is 4.79 Å². The molecule has 0 saturated carbocycles. The van der Waals surface area contributed by atoms with Crippen LogP contribution in [0, 0.1) is 5.92 Å². The Morgan fingerprint density at radius 2 is 2.04 bits per heavy atom. The smallest absolute Gasteiger partial charge is 0.221 e. The molecule has 0 saturated heterocycles. The number of hydrogen-bond donors (Lipinski definition) is 3. The summed E-state index contributed by atoms with van der Waals surface area (Å²) in [5.41, 5.74) is 0.726. The Kier molecular flexibility index (Phi) is 8.68. The molecule has 6 nitrogen and oxygen atoms in total. The topological polar surface area (TPSA) is 74.8 Å². The molecule has 0 aliphatic carbocycles. The lowest BCUT2D eigenvalue weighted by Crippen LogP contribution is -2.44. The Balaban J connectivity index is 2.50. The van der Waals surface area contributed by atoms with Gasteiger partial charge in [-0.1, -0.05) is 19.9 Å². The molecule has 1 atom stereocenters. The predicted molar refractivity (Wildman–Crippen MR) is 99.7 cm³/mol. The lowest BCUT2D eigenvalue weighted by molar-refractivity contribution is -0.114. The largest absolute Gasteiger partial charge is 0.492 e. The van der Waals surface area contributed by atoms with E-state index in [0.717, 1.165) is 18.2 Å². The Labute approximate surface area is 145 Å². The normalized spacial score (nSPS) is 12.7. The van der Waals surface area contributed by atoms with Gasteiger partial charge in [-0.05, 0) is 31.9 Å². The molecule has 0 spiro atoms. The third-order valence-electron chi connectivity index (χ3n) is 3.49. The van der Waals surface area contributed by atoms with E-state index in [1.165, 1.54) is 6.92 Å². The van der Waals surface area contributed by atoms with Gasteiger partial charge in [0.1, 0.15) is 12.4 Å². The molecular formula is C18H30N4O2. The Bertz CT molecular complexity index is 544. The van der Waals surface area contributed by atoms with Crippen LogP contribution in [0.15, 0.2) is 29.3 Å². The molecule has 0 aliphatic rings. The molecule has 0 aromatic heterocycles. The fourth-order valence-electron chi connectivity index (χ4n) is 1.89. The number of nitrogens with one attached hydrogen (secondary N) is 3. The number of amides is 1. The van der Waals surface area contributed by atoms with E-state index >= 15 is 0 Å². The highest BCUT2D eigenvalue weighted by atomic mass is 16.5. The van der Waals surface area contributed by atoms with Gasteiger partial charge in [0.2, 0.25) is 5.91 Å². The van der Waals surface area contributed by atoms with E-state index < -0.39 is 0 Å². The molecule has 0 bridgehead atoms. The summed E-state index contributed by atoms with van der Waals surface area (Å²) in [7, 11) is 0. The minimum absolute atomic E-state index is 0.0996. The average Bonchev–Trinajstić information content (AvgIpc) is 2.51. The van der Waals surface area contributed by atoms with E-state index in [4.69, 9.17) is 4.74 Å². The molecule has 0 heterocycles. The monoisotopic (exact) mass is 334 g/mol.